The lowest BCUT2D eigenvalue weighted by molar-refractivity contribution is -0.273. The molecule has 0 amide bonds. The second-order valence-electron chi connectivity index (χ2n) is 12.4. The van der Waals surface area contributed by atoms with Crippen LogP contribution in [0.2, 0.25) is 0 Å². The Bertz CT molecular complexity index is 1050. The first-order chi connectivity index (χ1) is 18.7. The van der Waals surface area contributed by atoms with Gasteiger partial charge in [0.2, 0.25) is 0 Å². The van der Waals surface area contributed by atoms with Crippen LogP contribution in [-0.4, -0.2) is 106 Å². The molecular weight excluding hydrogens is 528 g/mol. The lowest BCUT2D eigenvalue weighted by Crippen LogP contribution is -2.62. The fourth-order valence-electron chi connectivity index (χ4n) is 6.24. The fourth-order valence-corrected chi connectivity index (χ4v) is 6.24. The molecule has 5 fully saturated rings. The SMILES string of the molecule is CC1(C)O[C@@H]2[C@H](O1)[C@H]1OC(C)(C)O[C@H]1O[C@@H]2[C@H](O)[C@@H](O)[C@H](O)[C@H]1O[C@@H]2OC(C)(C)O[C@@H]2[C@H]1OCc1ccccc1. The molecule has 1 aromatic carbocycles. The van der Waals surface area contributed by atoms with Crippen molar-refractivity contribution in [1.29, 1.82) is 0 Å². The lowest BCUT2D eigenvalue weighted by atomic mass is 9.89. The molecule has 12 nitrogen and oxygen atoms in total. The van der Waals surface area contributed by atoms with Crippen molar-refractivity contribution in [1.82, 2.24) is 0 Å². The van der Waals surface area contributed by atoms with Crippen molar-refractivity contribution in [3.05, 3.63) is 35.9 Å². The monoisotopic (exact) mass is 568 g/mol. The third kappa shape index (κ3) is 5.34. The number of aliphatic hydroxyl groups is 3. The van der Waals surface area contributed by atoms with Crippen LogP contribution in [0, 0.1) is 0 Å². The average molecular weight is 569 g/mol. The van der Waals surface area contributed by atoms with Crippen molar-refractivity contribution >= 4 is 0 Å². The summed E-state index contributed by atoms with van der Waals surface area (Å²) >= 11 is 0. The number of ether oxygens (including phenoxy) is 9. The van der Waals surface area contributed by atoms with Crippen LogP contribution in [0.15, 0.2) is 30.3 Å². The van der Waals surface area contributed by atoms with Crippen molar-refractivity contribution in [2.24, 2.45) is 0 Å². The summed E-state index contributed by atoms with van der Waals surface area (Å²) in [6, 6.07) is 9.53. The van der Waals surface area contributed by atoms with Gasteiger partial charge in [-0.05, 0) is 47.1 Å². The van der Waals surface area contributed by atoms with E-state index in [1.165, 1.54) is 0 Å². The molecule has 1 aromatic rings. The maximum absolute atomic E-state index is 11.4. The first-order valence-electron chi connectivity index (χ1n) is 13.8. The molecule has 0 bridgehead atoms. The minimum absolute atomic E-state index is 0.218. The number of aliphatic hydroxyl groups excluding tert-OH is 3. The highest BCUT2D eigenvalue weighted by Crippen LogP contribution is 2.46. The van der Waals surface area contributed by atoms with Gasteiger partial charge in [-0.15, -0.1) is 0 Å². The second-order valence-corrected chi connectivity index (χ2v) is 12.4. The Hall–Kier alpha value is -1.26. The summed E-state index contributed by atoms with van der Waals surface area (Å²) in [4.78, 5) is 0. The average Bonchev–Trinajstić information content (AvgIpc) is 3.57. The normalized spacial score (nSPS) is 43.1. The van der Waals surface area contributed by atoms with Crippen molar-refractivity contribution in [2.45, 2.75) is 139 Å². The van der Waals surface area contributed by atoms with E-state index >= 15 is 0 Å². The number of hydrogen-bond donors (Lipinski definition) is 3. The van der Waals surface area contributed by atoms with Gasteiger partial charge in [0.1, 0.15) is 61.0 Å². The van der Waals surface area contributed by atoms with E-state index in [1.54, 1.807) is 41.5 Å². The molecular formula is C28H40O12. The van der Waals surface area contributed by atoms with Gasteiger partial charge in [0, 0.05) is 0 Å². The Morgan fingerprint density at radius 2 is 1.15 bits per heavy atom. The zero-order chi connectivity index (χ0) is 28.6. The Labute approximate surface area is 233 Å². The number of rotatable bonds is 7. The molecule has 0 radical (unpaired) electrons. The lowest BCUT2D eigenvalue weighted by Gasteiger charge is -2.41. The van der Waals surface area contributed by atoms with E-state index in [4.69, 9.17) is 42.6 Å². The molecule has 224 valence electrons. The minimum Gasteiger partial charge on any atom is -0.387 e. The van der Waals surface area contributed by atoms with Crippen LogP contribution in [0.25, 0.3) is 0 Å². The highest BCUT2D eigenvalue weighted by atomic mass is 16.9. The van der Waals surface area contributed by atoms with Gasteiger partial charge in [0.15, 0.2) is 29.9 Å². The molecule has 5 saturated heterocycles. The quantitative estimate of drug-likeness (QED) is 0.430. The van der Waals surface area contributed by atoms with E-state index in [1.807, 2.05) is 30.3 Å². The molecule has 40 heavy (non-hydrogen) atoms. The summed E-state index contributed by atoms with van der Waals surface area (Å²) < 4.78 is 54.3. The van der Waals surface area contributed by atoms with Gasteiger partial charge in [-0.3, -0.25) is 0 Å². The molecule has 5 heterocycles. The molecule has 6 rings (SSSR count). The summed E-state index contributed by atoms with van der Waals surface area (Å²) in [6.07, 6.45) is -12.3. The first kappa shape index (κ1) is 28.8. The van der Waals surface area contributed by atoms with E-state index in [0.717, 1.165) is 5.56 Å². The smallest absolute Gasteiger partial charge is 0.190 e. The van der Waals surface area contributed by atoms with Gasteiger partial charge in [-0.25, -0.2) is 0 Å². The summed E-state index contributed by atoms with van der Waals surface area (Å²) in [7, 11) is 0. The standard InChI is InChI=1S/C28H40O12/c1-26(2)35-20-18(34-25-23(21(20)36-26)38-28(5,6)40-25)16(31)14(29)15(30)17-19(32-12-13-10-8-7-9-11-13)22-24(33-17)39-27(3,4)37-22/h7-11,14-25,29-31H,12H2,1-6H3/t14-,15-,16+,17+,18+,19-,20-,21-,22+,23+,24+,25+/m0/s1. The van der Waals surface area contributed by atoms with E-state index in [2.05, 4.69) is 0 Å². The van der Waals surface area contributed by atoms with Crippen molar-refractivity contribution < 1.29 is 58.0 Å². The molecule has 12 atom stereocenters. The summed E-state index contributed by atoms with van der Waals surface area (Å²) in [5, 5.41) is 34.1. The zero-order valence-corrected chi connectivity index (χ0v) is 23.5. The van der Waals surface area contributed by atoms with Gasteiger partial charge in [0.25, 0.3) is 0 Å². The Balaban J connectivity index is 1.20. The minimum atomic E-state index is -1.72. The van der Waals surface area contributed by atoms with E-state index < -0.39 is 91.0 Å². The Morgan fingerprint density at radius 1 is 0.650 bits per heavy atom. The zero-order valence-electron chi connectivity index (χ0n) is 23.5. The van der Waals surface area contributed by atoms with Crippen LogP contribution in [0.3, 0.4) is 0 Å². The Kier molecular flexibility index (Phi) is 7.34. The fraction of sp³-hybridized carbons (Fsp3) is 0.786. The summed E-state index contributed by atoms with van der Waals surface area (Å²) in [5.74, 6) is -2.85. The van der Waals surface area contributed by atoms with Crippen LogP contribution in [0.5, 0.6) is 0 Å². The van der Waals surface area contributed by atoms with Crippen molar-refractivity contribution in [2.75, 3.05) is 0 Å². The van der Waals surface area contributed by atoms with Gasteiger partial charge >= 0.3 is 0 Å². The highest BCUT2D eigenvalue weighted by molar-refractivity contribution is 5.14. The number of hydrogen-bond acceptors (Lipinski definition) is 12. The van der Waals surface area contributed by atoms with Gasteiger partial charge in [-0.2, -0.15) is 0 Å². The third-order valence-corrected chi connectivity index (χ3v) is 7.88. The van der Waals surface area contributed by atoms with E-state index in [9.17, 15) is 15.3 Å². The highest BCUT2D eigenvalue weighted by Gasteiger charge is 2.64. The van der Waals surface area contributed by atoms with Crippen LogP contribution in [0.1, 0.15) is 47.1 Å². The van der Waals surface area contributed by atoms with Crippen LogP contribution >= 0.6 is 0 Å². The van der Waals surface area contributed by atoms with Crippen molar-refractivity contribution in [3.8, 4) is 0 Å². The molecule has 12 heteroatoms. The summed E-state index contributed by atoms with van der Waals surface area (Å²) in [6.45, 7) is 10.7. The van der Waals surface area contributed by atoms with Crippen LogP contribution < -0.4 is 0 Å². The second kappa shape index (κ2) is 10.2. The van der Waals surface area contributed by atoms with Gasteiger partial charge in [-0.1, -0.05) is 30.3 Å². The third-order valence-electron chi connectivity index (χ3n) is 7.88. The molecule has 0 spiro atoms. The molecule has 0 aliphatic carbocycles. The molecule has 5 aliphatic heterocycles. The summed E-state index contributed by atoms with van der Waals surface area (Å²) in [5.41, 5.74) is 0.914. The topological polar surface area (TPSA) is 144 Å². The van der Waals surface area contributed by atoms with Crippen LogP contribution in [-0.2, 0) is 49.2 Å². The maximum Gasteiger partial charge on any atom is 0.190 e. The first-order valence-corrected chi connectivity index (χ1v) is 13.8. The molecule has 0 saturated carbocycles. The van der Waals surface area contributed by atoms with Gasteiger partial charge in [0.05, 0.1) is 6.61 Å². The molecule has 5 aliphatic rings. The largest absolute Gasteiger partial charge is 0.387 e. The van der Waals surface area contributed by atoms with E-state index in [0.29, 0.717) is 0 Å². The van der Waals surface area contributed by atoms with Crippen LogP contribution in [0.4, 0.5) is 0 Å². The predicted octanol–water partition coefficient (Wildman–Crippen LogP) is 0.927. The molecule has 0 unspecified atom stereocenters. The number of fused-ring (bicyclic) bond motifs is 4. The Morgan fingerprint density at radius 3 is 1.82 bits per heavy atom. The number of benzene rings is 1. The molecule has 3 N–H and O–H groups in total. The van der Waals surface area contributed by atoms with Gasteiger partial charge < -0.3 is 58.0 Å². The predicted molar refractivity (Wildman–Crippen MR) is 134 cm³/mol. The molecule has 0 aromatic heterocycles. The maximum atomic E-state index is 11.4. The van der Waals surface area contributed by atoms with E-state index in [-0.39, 0.29) is 6.61 Å². The van der Waals surface area contributed by atoms with Crippen molar-refractivity contribution in [3.63, 3.8) is 0 Å².